The third-order valence-electron chi connectivity index (χ3n) is 5.54. The Kier molecular flexibility index (Phi) is 8.98. The number of rotatable bonds is 6. The first-order valence-corrected chi connectivity index (χ1v) is 11.1. The van der Waals surface area contributed by atoms with E-state index in [4.69, 9.17) is 14.1 Å². The molecule has 2 aliphatic rings. The number of fused-ring (bicyclic) bond motifs is 1. The van der Waals surface area contributed by atoms with Crippen LogP contribution in [0.3, 0.4) is 0 Å². The normalized spacial score (nSPS) is 16.1. The number of nitrogens with one attached hydrogen (secondary N) is 1. The summed E-state index contributed by atoms with van der Waals surface area (Å²) in [7, 11) is 0. The highest BCUT2D eigenvalue weighted by molar-refractivity contribution is 14.0. The van der Waals surface area contributed by atoms with Gasteiger partial charge in [-0.1, -0.05) is 12.1 Å². The molecule has 10 heteroatoms. The number of para-hydroxylation sites is 2. The Balaban J connectivity index is 0.00000306. The van der Waals surface area contributed by atoms with E-state index < -0.39 is 0 Å². The van der Waals surface area contributed by atoms with E-state index in [0.717, 1.165) is 30.4 Å². The molecule has 3 heterocycles. The number of carbonyl (C=O) groups excluding carboxylic acids is 2. The Bertz CT molecular complexity index is 958. The number of hydrogen-bond donors (Lipinski definition) is 1. The van der Waals surface area contributed by atoms with Gasteiger partial charge in [0.15, 0.2) is 18.3 Å². The Morgan fingerprint density at radius 1 is 1.09 bits per heavy atom. The van der Waals surface area contributed by atoms with Crippen molar-refractivity contribution in [1.29, 1.82) is 0 Å². The number of nitrogens with zero attached hydrogens (tertiary/aromatic N) is 4. The lowest BCUT2D eigenvalue weighted by molar-refractivity contribution is -0.121. The van der Waals surface area contributed by atoms with Crippen LogP contribution < -0.4 is 15.0 Å². The number of anilines is 1. The van der Waals surface area contributed by atoms with Gasteiger partial charge in [-0.3, -0.25) is 14.6 Å². The summed E-state index contributed by atoms with van der Waals surface area (Å²) in [4.78, 5) is 35.3. The molecule has 0 spiro atoms. The molecule has 2 aromatic rings. The van der Waals surface area contributed by atoms with Crippen molar-refractivity contribution in [2.24, 2.45) is 4.99 Å². The van der Waals surface area contributed by atoms with Crippen LogP contribution in [0.2, 0.25) is 0 Å². The Morgan fingerprint density at radius 2 is 1.85 bits per heavy atom. The highest BCUT2D eigenvalue weighted by Gasteiger charge is 2.26. The summed E-state index contributed by atoms with van der Waals surface area (Å²) < 4.78 is 10.7. The van der Waals surface area contributed by atoms with E-state index in [2.05, 4.69) is 10.2 Å². The van der Waals surface area contributed by atoms with Gasteiger partial charge in [0.05, 0.1) is 12.0 Å². The number of furan rings is 1. The van der Waals surface area contributed by atoms with Gasteiger partial charge in [-0.25, -0.2) is 0 Å². The highest BCUT2D eigenvalue weighted by atomic mass is 127. The smallest absolute Gasteiger partial charge is 0.289 e. The third kappa shape index (κ3) is 5.98. The molecule has 1 saturated heterocycles. The molecule has 178 valence electrons. The van der Waals surface area contributed by atoms with Crippen LogP contribution in [0.25, 0.3) is 0 Å². The maximum absolute atomic E-state index is 12.5. The number of ether oxygens (including phenoxy) is 1. The minimum absolute atomic E-state index is 0. The number of carbonyl (C=O) groups is 2. The summed E-state index contributed by atoms with van der Waals surface area (Å²) in [5.41, 5.74) is 0.817. The fraction of sp³-hybridized carbons (Fsp3) is 0.435. The van der Waals surface area contributed by atoms with Crippen molar-refractivity contribution in [1.82, 2.24) is 15.1 Å². The van der Waals surface area contributed by atoms with E-state index >= 15 is 0 Å². The molecule has 0 bridgehead atoms. The quantitative estimate of drug-likeness (QED) is 0.250. The SMILES string of the molecule is CCNC(=NCCCN1C(=O)COc2ccccc21)N1CCN(C(=O)c2ccco2)CC1.I. The van der Waals surface area contributed by atoms with E-state index in [0.29, 0.717) is 45.0 Å². The second-order valence-electron chi connectivity index (χ2n) is 7.65. The summed E-state index contributed by atoms with van der Waals surface area (Å²) in [6.45, 7) is 6.70. The Morgan fingerprint density at radius 3 is 2.58 bits per heavy atom. The fourth-order valence-electron chi connectivity index (χ4n) is 3.92. The van der Waals surface area contributed by atoms with E-state index in [9.17, 15) is 9.59 Å². The number of hydrogen-bond acceptors (Lipinski definition) is 5. The molecule has 9 nitrogen and oxygen atoms in total. The predicted molar refractivity (Wildman–Crippen MR) is 136 cm³/mol. The van der Waals surface area contributed by atoms with Gasteiger partial charge in [0.25, 0.3) is 11.8 Å². The molecule has 0 atom stereocenters. The van der Waals surface area contributed by atoms with Crippen LogP contribution in [0.4, 0.5) is 5.69 Å². The van der Waals surface area contributed by atoms with Crippen molar-refractivity contribution in [3.63, 3.8) is 0 Å². The lowest BCUT2D eigenvalue weighted by Gasteiger charge is -2.36. The summed E-state index contributed by atoms with van der Waals surface area (Å²) in [5.74, 6) is 1.85. The van der Waals surface area contributed by atoms with Crippen LogP contribution in [-0.2, 0) is 4.79 Å². The second-order valence-corrected chi connectivity index (χ2v) is 7.65. The maximum Gasteiger partial charge on any atom is 0.289 e. The van der Waals surface area contributed by atoms with Crippen LogP contribution in [0.5, 0.6) is 5.75 Å². The average Bonchev–Trinajstić information content (AvgIpc) is 3.37. The van der Waals surface area contributed by atoms with Crippen LogP contribution in [0.1, 0.15) is 23.9 Å². The van der Waals surface area contributed by atoms with Crippen LogP contribution in [-0.4, -0.2) is 80.0 Å². The van der Waals surface area contributed by atoms with Gasteiger partial charge >= 0.3 is 0 Å². The van der Waals surface area contributed by atoms with Crippen molar-refractivity contribution < 1.29 is 18.7 Å². The number of amides is 2. The van der Waals surface area contributed by atoms with Crippen LogP contribution in [0, 0.1) is 0 Å². The van der Waals surface area contributed by atoms with Crippen LogP contribution in [0.15, 0.2) is 52.1 Å². The monoisotopic (exact) mass is 567 g/mol. The van der Waals surface area contributed by atoms with Crippen LogP contribution >= 0.6 is 24.0 Å². The number of benzene rings is 1. The first-order chi connectivity index (χ1) is 15.7. The number of piperazine rings is 1. The van der Waals surface area contributed by atoms with Gasteiger partial charge in [0, 0.05) is 45.8 Å². The summed E-state index contributed by atoms with van der Waals surface area (Å²) in [6, 6.07) is 11.0. The number of aliphatic imine (C=N–C) groups is 1. The largest absolute Gasteiger partial charge is 0.482 e. The molecule has 33 heavy (non-hydrogen) atoms. The molecular weight excluding hydrogens is 537 g/mol. The number of guanidine groups is 1. The number of halogens is 1. The zero-order valence-electron chi connectivity index (χ0n) is 18.7. The summed E-state index contributed by atoms with van der Waals surface area (Å²) in [5, 5.41) is 3.34. The van der Waals surface area contributed by atoms with E-state index in [1.807, 2.05) is 31.2 Å². The van der Waals surface area contributed by atoms with Crippen molar-refractivity contribution in [3.05, 3.63) is 48.4 Å². The molecule has 2 aliphatic heterocycles. The third-order valence-corrected chi connectivity index (χ3v) is 5.54. The Labute approximate surface area is 210 Å². The molecule has 2 amide bonds. The van der Waals surface area contributed by atoms with Gasteiger partial charge in [0.1, 0.15) is 5.75 Å². The van der Waals surface area contributed by atoms with Crippen molar-refractivity contribution in [2.75, 3.05) is 57.3 Å². The standard InChI is InChI=1S/C23H29N5O4.HI/c1-2-24-23(27-14-12-26(13-15-27)22(30)20-9-5-16-31-20)25-10-6-11-28-18-7-3-4-8-19(18)32-17-21(28)29;/h3-5,7-9,16H,2,6,10-15,17H2,1H3,(H,24,25);1H. The van der Waals surface area contributed by atoms with Gasteiger partial charge in [-0.2, -0.15) is 0 Å². The molecule has 1 fully saturated rings. The minimum atomic E-state index is -0.0768. The molecule has 0 radical (unpaired) electrons. The fourth-order valence-corrected chi connectivity index (χ4v) is 3.92. The molecule has 0 unspecified atom stereocenters. The van der Waals surface area contributed by atoms with E-state index in [-0.39, 0.29) is 42.4 Å². The van der Waals surface area contributed by atoms with Gasteiger partial charge in [0.2, 0.25) is 0 Å². The molecule has 0 aliphatic carbocycles. The second kappa shape index (κ2) is 11.9. The molecular formula is C23H30IN5O4. The minimum Gasteiger partial charge on any atom is -0.482 e. The van der Waals surface area contributed by atoms with Gasteiger partial charge in [-0.15, -0.1) is 24.0 Å². The lowest BCUT2D eigenvalue weighted by atomic mass is 10.2. The molecule has 1 aromatic carbocycles. The first kappa shape index (κ1) is 24.9. The molecule has 4 rings (SSSR count). The zero-order chi connectivity index (χ0) is 22.3. The first-order valence-electron chi connectivity index (χ1n) is 11.1. The highest BCUT2D eigenvalue weighted by Crippen LogP contribution is 2.31. The van der Waals surface area contributed by atoms with E-state index in [1.165, 1.54) is 6.26 Å². The molecule has 0 saturated carbocycles. The zero-order valence-corrected chi connectivity index (χ0v) is 21.1. The van der Waals surface area contributed by atoms with Crippen molar-refractivity contribution in [3.8, 4) is 5.75 Å². The molecule has 1 aromatic heterocycles. The predicted octanol–water partition coefficient (Wildman–Crippen LogP) is 2.44. The van der Waals surface area contributed by atoms with E-state index in [1.54, 1.807) is 21.9 Å². The van der Waals surface area contributed by atoms with Gasteiger partial charge in [-0.05, 0) is 37.6 Å². The summed E-state index contributed by atoms with van der Waals surface area (Å²) in [6.07, 6.45) is 2.26. The Hall–Kier alpha value is -2.76. The van der Waals surface area contributed by atoms with Crippen molar-refractivity contribution in [2.45, 2.75) is 13.3 Å². The van der Waals surface area contributed by atoms with Crippen molar-refractivity contribution >= 4 is 47.4 Å². The maximum atomic E-state index is 12.5. The lowest BCUT2D eigenvalue weighted by Crippen LogP contribution is -2.53. The van der Waals surface area contributed by atoms with Gasteiger partial charge < -0.3 is 29.2 Å². The topological polar surface area (TPSA) is 90.6 Å². The average molecular weight is 567 g/mol. The molecule has 1 N–H and O–H groups in total. The summed E-state index contributed by atoms with van der Waals surface area (Å²) >= 11 is 0.